The van der Waals surface area contributed by atoms with Crippen LogP contribution in [0.2, 0.25) is 23.3 Å². The monoisotopic (exact) mass is 504 g/mol. The summed E-state index contributed by atoms with van der Waals surface area (Å²) in [5.41, 5.74) is 5.02. The molecule has 180 valence electrons. The van der Waals surface area contributed by atoms with Crippen molar-refractivity contribution in [1.29, 1.82) is 10.5 Å². The first-order chi connectivity index (χ1) is 16.4. The van der Waals surface area contributed by atoms with Gasteiger partial charge in [-0.15, -0.1) is 0 Å². The van der Waals surface area contributed by atoms with E-state index >= 15 is 0 Å². The zero-order valence-corrected chi connectivity index (χ0v) is 22.7. The van der Waals surface area contributed by atoms with Crippen LogP contribution < -0.4 is 0 Å². The van der Waals surface area contributed by atoms with Gasteiger partial charge in [0.2, 0.25) is 0 Å². The van der Waals surface area contributed by atoms with Crippen LogP contribution in [0.15, 0.2) is 36.5 Å². The van der Waals surface area contributed by atoms with Gasteiger partial charge in [-0.3, -0.25) is 4.79 Å². The minimum atomic E-state index is -1.97. The average Bonchev–Trinajstić information content (AvgIpc) is 3.09. The zero-order valence-electron chi connectivity index (χ0n) is 20.9. The quantitative estimate of drug-likeness (QED) is 0.204. The third-order valence-corrected chi connectivity index (χ3v) is 11.6. The van der Waals surface area contributed by atoms with Crippen LogP contribution in [0.3, 0.4) is 0 Å². The molecular formula is C27H29ClN4O2Si. The molecule has 35 heavy (non-hydrogen) atoms. The molecule has 0 spiro atoms. The number of aldehydes is 1. The van der Waals surface area contributed by atoms with E-state index in [1.165, 1.54) is 0 Å². The first-order valence-corrected chi connectivity index (χ1v) is 14.6. The van der Waals surface area contributed by atoms with Gasteiger partial charge in [0, 0.05) is 29.6 Å². The largest absolute Gasteiger partial charge is 0.412 e. The highest BCUT2D eigenvalue weighted by molar-refractivity contribution is 6.74. The van der Waals surface area contributed by atoms with Crippen molar-refractivity contribution in [2.75, 3.05) is 0 Å². The molecule has 0 bridgehead atoms. The van der Waals surface area contributed by atoms with E-state index in [2.05, 4.69) is 51.0 Å². The maximum Gasteiger partial charge on any atom is 0.192 e. The molecule has 0 unspecified atom stereocenters. The highest BCUT2D eigenvalue weighted by Crippen LogP contribution is 2.37. The molecule has 3 aromatic rings. The Balaban J connectivity index is 1.99. The normalized spacial score (nSPS) is 11.7. The third kappa shape index (κ3) is 5.38. The topological polar surface area (TPSA) is 91.7 Å². The Kier molecular flexibility index (Phi) is 7.67. The summed E-state index contributed by atoms with van der Waals surface area (Å²) in [5, 5.41) is 19.4. The van der Waals surface area contributed by atoms with Gasteiger partial charge in [0.1, 0.15) is 16.9 Å². The van der Waals surface area contributed by atoms with Gasteiger partial charge in [0.25, 0.3) is 0 Å². The fraction of sp³-hybridized carbons (Fsp3) is 0.333. The Labute approximate surface area is 212 Å². The molecule has 0 saturated heterocycles. The van der Waals surface area contributed by atoms with Crippen molar-refractivity contribution in [3.63, 3.8) is 0 Å². The van der Waals surface area contributed by atoms with Crippen molar-refractivity contribution >= 4 is 26.2 Å². The molecule has 1 aromatic carbocycles. The molecule has 2 heterocycles. The van der Waals surface area contributed by atoms with Crippen LogP contribution in [0.4, 0.5) is 0 Å². The Bertz CT molecular complexity index is 1340. The lowest BCUT2D eigenvalue weighted by Gasteiger charge is -2.36. The highest BCUT2D eigenvalue weighted by Gasteiger charge is 2.37. The van der Waals surface area contributed by atoms with Gasteiger partial charge in [-0.05, 0) is 54.4 Å². The summed E-state index contributed by atoms with van der Waals surface area (Å²) in [6.07, 6.45) is 2.39. The van der Waals surface area contributed by atoms with E-state index in [0.717, 1.165) is 22.4 Å². The lowest BCUT2D eigenvalue weighted by atomic mass is 10.00. The Hall–Kier alpha value is -3.23. The fourth-order valence-electron chi connectivity index (χ4n) is 3.65. The van der Waals surface area contributed by atoms with Gasteiger partial charge in [-0.25, -0.2) is 4.98 Å². The molecule has 2 aromatic heterocycles. The summed E-state index contributed by atoms with van der Waals surface area (Å²) >= 11 is 6.38. The molecule has 0 N–H and O–H groups in total. The molecular weight excluding hydrogens is 476 g/mol. The number of rotatable bonds is 7. The van der Waals surface area contributed by atoms with Gasteiger partial charge < -0.3 is 8.99 Å². The molecule has 0 amide bonds. The lowest BCUT2D eigenvalue weighted by Crippen LogP contribution is -2.40. The van der Waals surface area contributed by atoms with Crippen LogP contribution in [0.5, 0.6) is 0 Å². The Morgan fingerprint density at radius 2 is 1.83 bits per heavy atom. The van der Waals surface area contributed by atoms with Crippen LogP contribution in [-0.2, 0) is 17.6 Å². The summed E-state index contributed by atoms with van der Waals surface area (Å²) in [6, 6.07) is 13.2. The second-order valence-electron chi connectivity index (χ2n) is 10.1. The van der Waals surface area contributed by atoms with E-state index in [1.807, 2.05) is 17.6 Å². The van der Waals surface area contributed by atoms with Crippen LogP contribution in [0.25, 0.3) is 11.1 Å². The second-order valence-corrected chi connectivity index (χ2v) is 15.2. The molecule has 0 radical (unpaired) electrons. The van der Waals surface area contributed by atoms with Gasteiger partial charge in [-0.1, -0.05) is 44.5 Å². The average molecular weight is 505 g/mol. The minimum Gasteiger partial charge on any atom is -0.412 e. The summed E-state index contributed by atoms with van der Waals surface area (Å²) in [4.78, 5) is 16.4. The fourth-order valence-corrected chi connectivity index (χ4v) is 4.76. The standard InChI is InChI=1S/C27H29ClN4O2Si/c1-18-25(21-9-7-19(12-29)8-10-21)23(13-30)24(16-33)32(18)15-20-11-22(26(28)31-14-20)17-34-35(5,6)27(2,3)4/h7-11,14,16H,15,17H2,1-6H3. The number of carbonyl (C=O) groups is 1. The molecule has 6 nitrogen and oxygen atoms in total. The number of aromatic nitrogens is 2. The summed E-state index contributed by atoms with van der Waals surface area (Å²) in [6.45, 7) is 13.5. The number of carbonyl (C=O) groups excluding carboxylic acids is 1. The second kappa shape index (κ2) is 10.2. The third-order valence-electron chi connectivity index (χ3n) is 6.79. The zero-order chi connectivity index (χ0) is 26.0. The van der Waals surface area contributed by atoms with Crippen molar-refractivity contribution in [3.8, 4) is 23.3 Å². The molecule has 0 aliphatic rings. The Morgan fingerprint density at radius 1 is 1.17 bits per heavy atom. The lowest BCUT2D eigenvalue weighted by molar-refractivity contribution is 0.111. The molecule has 0 fully saturated rings. The van der Waals surface area contributed by atoms with Crippen LogP contribution in [0.1, 0.15) is 59.2 Å². The molecule has 0 atom stereocenters. The number of nitrogens with zero attached hydrogens (tertiary/aromatic N) is 4. The maximum absolute atomic E-state index is 12.1. The molecule has 0 aliphatic carbocycles. The van der Waals surface area contributed by atoms with Crippen molar-refractivity contribution in [3.05, 3.63) is 75.3 Å². The van der Waals surface area contributed by atoms with Crippen LogP contribution in [-0.4, -0.2) is 24.2 Å². The van der Waals surface area contributed by atoms with Gasteiger partial charge in [0.15, 0.2) is 14.6 Å². The summed E-state index contributed by atoms with van der Waals surface area (Å²) in [7, 11) is -1.97. The molecule has 8 heteroatoms. The van der Waals surface area contributed by atoms with Gasteiger partial charge >= 0.3 is 0 Å². The first kappa shape index (κ1) is 26.4. The SMILES string of the molecule is Cc1c(-c2ccc(C#N)cc2)c(C#N)c(C=O)n1Cc1cnc(Cl)c(CO[Si](C)(C)C(C)(C)C)c1. The van der Waals surface area contributed by atoms with E-state index in [0.29, 0.717) is 47.0 Å². The number of pyridine rings is 1. The Morgan fingerprint density at radius 3 is 2.37 bits per heavy atom. The smallest absolute Gasteiger partial charge is 0.192 e. The predicted molar refractivity (Wildman–Crippen MR) is 140 cm³/mol. The molecule has 3 rings (SSSR count). The van der Waals surface area contributed by atoms with Crippen molar-refractivity contribution in [1.82, 2.24) is 9.55 Å². The molecule has 0 saturated carbocycles. The van der Waals surface area contributed by atoms with E-state index in [4.69, 9.17) is 21.3 Å². The van der Waals surface area contributed by atoms with E-state index in [1.54, 1.807) is 30.5 Å². The number of hydrogen-bond acceptors (Lipinski definition) is 5. The number of nitriles is 2. The first-order valence-electron chi connectivity index (χ1n) is 11.3. The summed E-state index contributed by atoms with van der Waals surface area (Å²) < 4.78 is 8.16. The van der Waals surface area contributed by atoms with Crippen molar-refractivity contribution in [2.24, 2.45) is 0 Å². The van der Waals surface area contributed by atoms with E-state index < -0.39 is 8.32 Å². The number of benzene rings is 1. The molecule has 0 aliphatic heterocycles. The summed E-state index contributed by atoms with van der Waals surface area (Å²) in [5.74, 6) is 0. The van der Waals surface area contributed by atoms with E-state index in [-0.39, 0.29) is 5.04 Å². The van der Waals surface area contributed by atoms with Crippen molar-refractivity contribution in [2.45, 2.75) is 59.0 Å². The predicted octanol–water partition coefficient (Wildman–Crippen LogP) is 6.64. The van der Waals surface area contributed by atoms with Crippen molar-refractivity contribution < 1.29 is 9.22 Å². The highest BCUT2D eigenvalue weighted by atomic mass is 35.5. The van der Waals surface area contributed by atoms with Gasteiger partial charge in [-0.2, -0.15) is 10.5 Å². The number of hydrogen-bond donors (Lipinski definition) is 0. The number of halogens is 1. The van der Waals surface area contributed by atoms with E-state index in [9.17, 15) is 10.1 Å². The van der Waals surface area contributed by atoms with Gasteiger partial charge in [0.05, 0.1) is 23.8 Å². The minimum absolute atomic E-state index is 0.0706. The van der Waals surface area contributed by atoms with Crippen LogP contribution in [0, 0.1) is 29.6 Å². The van der Waals surface area contributed by atoms with Crippen LogP contribution >= 0.6 is 11.6 Å². The maximum atomic E-state index is 12.1.